The summed E-state index contributed by atoms with van der Waals surface area (Å²) in [5.74, 6) is 0.454. The molecule has 0 heterocycles. The van der Waals surface area contributed by atoms with Gasteiger partial charge in [0, 0.05) is 0 Å². The van der Waals surface area contributed by atoms with Gasteiger partial charge in [-0.05, 0) is 37.9 Å². The van der Waals surface area contributed by atoms with Crippen LogP contribution in [-0.4, -0.2) is 17.2 Å². The number of rotatable bonds is 5. The summed E-state index contributed by atoms with van der Waals surface area (Å²) in [6.07, 6.45) is 7.73. The maximum absolute atomic E-state index is 9.43. The first-order chi connectivity index (χ1) is 7.64. The zero-order valence-electron chi connectivity index (χ0n) is 10.2. The zero-order valence-corrected chi connectivity index (χ0v) is 10.2. The van der Waals surface area contributed by atoms with Crippen LogP contribution in [0, 0.1) is 22.7 Å². The van der Waals surface area contributed by atoms with Crippen molar-refractivity contribution in [2.75, 3.05) is 0 Å². The van der Waals surface area contributed by atoms with E-state index in [-0.39, 0.29) is 5.41 Å². The molecule has 2 N–H and O–H groups in total. The van der Waals surface area contributed by atoms with Crippen molar-refractivity contribution >= 4 is 7.12 Å². The molecule has 0 spiro atoms. The average molecular weight is 223 g/mol. The Bertz CT molecular complexity index is 246. The van der Waals surface area contributed by atoms with Crippen LogP contribution in [0.3, 0.4) is 0 Å². The first-order valence-corrected chi connectivity index (χ1v) is 6.42. The predicted octanol–water partition coefficient (Wildman–Crippen LogP) is 2.35. The summed E-state index contributed by atoms with van der Waals surface area (Å²) in [7, 11) is -1.28. The number of nitriles is 1. The minimum Gasteiger partial charge on any atom is -0.427 e. The van der Waals surface area contributed by atoms with Crippen LogP contribution in [0.25, 0.3) is 0 Å². The molecule has 16 heavy (non-hydrogen) atoms. The molecule has 0 saturated heterocycles. The molecule has 1 aliphatic carbocycles. The minimum atomic E-state index is -1.28. The van der Waals surface area contributed by atoms with E-state index in [0.29, 0.717) is 18.7 Å². The van der Waals surface area contributed by atoms with Crippen LogP contribution < -0.4 is 0 Å². The van der Waals surface area contributed by atoms with E-state index in [1.807, 2.05) is 6.92 Å². The van der Waals surface area contributed by atoms with Crippen molar-refractivity contribution in [3.63, 3.8) is 0 Å². The summed E-state index contributed by atoms with van der Waals surface area (Å²) in [5.41, 5.74) is -0.329. The van der Waals surface area contributed by atoms with E-state index < -0.39 is 7.12 Å². The molecule has 0 radical (unpaired) electrons. The Labute approximate surface area is 98.6 Å². The third-order valence-electron chi connectivity index (χ3n) is 4.09. The highest BCUT2D eigenvalue weighted by Crippen LogP contribution is 2.44. The first kappa shape index (κ1) is 13.5. The lowest BCUT2D eigenvalue weighted by molar-refractivity contribution is 0.163. The molecular formula is C12H22BNO2. The number of nitrogens with zero attached hydrogens (tertiary/aromatic N) is 1. The molecule has 1 fully saturated rings. The van der Waals surface area contributed by atoms with E-state index in [9.17, 15) is 5.26 Å². The molecule has 0 aliphatic heterocycles. The fourth-order valence-electron chi connectivity index (χ4n) is 2.94. The maximum atomic E-state index is 9.43. The van der Waals surface area contributed by atoms with Crippen LogP contribution in [0.5, 0.6) is 0 Å². The molecule has 0 bridgehead atoms. The summed E-state index contributed by atoms with van der Waals surface area (Å²) < 4.78 is 0. The van der Waals surface area contributed by atoms with Gasteiger partial charge in [0.15, 0.2) is 0 Å². The lowest BCUT2D eigenvalue weighted by Crippen LogP contribution is -2.31. The van der Waals surface area contributed by atoms with Gasteiger partial charge in [0.25, 0.3) is 0 Å². The Morgan fingerprint density at radius 2 is 1.94 bits per heavy atom. The molecule has 4 heteroatoms. The van der Waals surface area contributed by atoms with E-state index in [0.717, 1.165) is 19.3 Å². The fraction of sp³-hybridized carbons (Fsp3) is 0.917. The van der Waals surface area contributed by atoms with Crippen molar-refractivity contribution in [2.45, 2.75) is 58.2 Å². The smallest absolute Gasteiger partial charge is 0.427 e. The Kier molecular flexibility index (Phi) is 5.31. The van der Waals surface area contributed by atoms with Gasteiger partial charge in [-0.1, -0.05) is 26.2 Å². The summed E-state index contributed by atoms with van der Waals surface area (Å²) in [6.45, 7) is 2.04. The van der Waals surface area contributed by atoms with Crippen LogP contribution >= 0.6 is 0 Å². The molecule has 1 aliphatic rings. The molecule has 0 amide bonds. The van der Waals surface area contributed by atoms with E-state index in [4.69, 9.17) is 10.0 Å². The topological polar surface area (TPSA) is 64.2 Å². The van der Waals surface area contributed by atoms with Crippen molar-refractivity contribution in [2.24, 2.45) is 11.3 Å². The first-order valence-electron chi connectivity index (χ1n) is 6.42. The molecule has 1 rings (SSSR count). The second kappa shape index (κ2) is 6.27. The molecule has 0 aromatic rings. The van der Waals surface area contributed by atoms with Crippen LogP contribution in [0.15, 0.2) is 0 Å². The van der Waals surface area contributed by atoms with Crippen molar-refractivity contribution in [1.29, 1.82) is 5.26 Å². The van der Waals surface area contributed by atoms with Gasteiger partial charge >= 0.3 is 7.12 Å². The third kappa shape index (κ3) is 3.23. The monoisotopic (exact) mass is 223 g/mol. The molecular weight excluding hydrogens is 201 g/mol. The van der Waals surface area contributed by atoms with Gasteiger partial charge < -0.3 is 10.0 Å². The Morgan fingerprint density at radius 1 is 1.31 bits per heavy atom. The van der Waals surface area contributed by atoms with Gasteiger partial charge in [-0.3, -0.25) is 0 Å². The molecule has 1 saturated carbocycles. The van der Waals surface area contributed by atoms with E-state index in [1.54, 1.807) is 0 Å². The second-order valence-corrected chi connectivity index (χ2v) is 4.98. The van der Waals surface area contributed by atoms with Crippen molar-refractivity contribution in [3.8, 4) is 6.07 Å². The largest absolute Gasteiger partial charge is 0.451 e. The fourth-order valence-corrected chi connectivity index (χ4v) is 2.94. The summed E-state index contributed by atoms with van der Waals surface area (Å²) >= 11 is 0. The predicted molar refractivity (Wildman–Crippen MR) is 64.5 cm³/mol. The molecule has 0 aromatic carbocycles. The molecule has 90 valence electrons. The van der Waals surface area contributed by atoms with Crippen LogP contribution in [0.2, 0.25) is 6.32 Å². The Balaban J connectivity index is 2.66. The highest BCUT2D eigenvalue weighted by atomic mass is 16.4. The maximum Gasteiger partial charge on any atom is 0.451 e. The van der Waals surface area contributed by atoms with Gasteiger partial charge in [-0.15, -0.1) is 0 Å². The van der Waals surface area contributed by atoms with Gasteiger partial charge in [0.05, 0.1) is 11.5 Å². The van der Waals surface area contributed by atoms with Crippen LogP contribution in [0.4, 0.5) is 0 Å². The number of hydrogen-bond donors (Lipinski definition) is 2. The van der Waals surface area contributed by atoms with Gasteiger partial charge in [-0.25, -0.2) is 0 Å². The summed E-state index contributed by atoms with van der Waals surface area (Å²) in [4.78, 5) is 0. The quantitative estimate of drug-likeness (QED) is 0.703. The Hall–Kier alpha value is -0.525. The summed E-state index contributed by atoms with van der Waals surface area (Å²) in [6, 6.07) is 2.47. The highest BCUT2D eigenvalue weighted by molar-refractivity contribution is 6.40. The number of hydrogen-bond acceptors (Lipinski definition) is 3. The average Bonchev–Trinajstić information content (AvgIpc) is 2.32. The van der Waals surface area contributed by atoms with Crippen molar-refractivity contribution in [1.82, 2.24) is 0 Å². The van der Waals surface area contributed by atoms with Gasteiger partial charge in [-0.2, -0.15) is 5.26 Å². The zero-order chi connectivity index (χ0) is 12.0. The van der Waals surface area contributed by atoms with Gasteiger partial charge in [0.1, 0.15) is 0 Å². The van der Waals surface area contributed by atoms with Crippen LogP contribution in [0.1, 0.15) is 51.9 Å². The standard InChI is InChI=1S/C12H22BNO2/c1-2-12(10-14,8-9-13(15)16)11-6-4-3-5-7-11/h11,15-16H,2-9H2,1H3. The van der Waals surface area contributed by atoms with Crippen LogP contribution in [-0.2, 0) is 0 Å². The molecule has 1 unspecified atom stereocenters. The molecule has 3 nitrogen and oxygen atoms in total. The van der Waals surface area contributed by atoms with E-state index in [2.05, 4.69) is 6.07 Å². The SMILES string of the molecule is CCC(C#N)(CCB(O)O)C1CCCCC1. The van der Waals surface area contributed by atoms with Crippen molar-refractivity contribution < 1.29 is 10.0 Å². The van der Waals surface area contributed by atoms with Crippen molar-refractivity contribution in [3.05, 3.63) is 0 Å². The van der Waals surface area contributed by atoms with Gasteiger partial charge in [0.2, 0.25) is 0 Å². The van der Waals surface area contributed by atoms with E-state index in [1.165, 1.54) is 19.3 Å². The highest BCUT2D eigenvalue weighted by Gasteiger charge is 2.38. The van der Waals surface area contributed by atoms with E-state index >= 15 is 0 Å². The lowest BCUT2D eigenvalue weighted by Gasteiger charge is -2.37. The Morgan fingerprint density at radius 3 is 2.38 bits per heavy atom. The summed E-state index contributed by atoms with van der Waals surface area (Å²) in [5, 5.41) is 27.3. The second-order valence-electron chi connectivity index (χ2n) is 4.98. The third-order valence-corrected chi connectivity index (χ3v) is 4.09. The lowest BCUT2D eigenvalue weighted by atomic mass is 9.63. The molecule has 0 aromatic heterocycles. The minimum absolute atomic E-state index is 0.317. The normalized spacial score (nSPS) is 21.1. The molecule has 1 atom stereocenters.